The summed E-state index contributed by atoms with van der Waals surface area (Å²) in [6, 6.07) is 4.53. The molecule has 1 aliphatic rings. The fraction of sp³-hybridized carbons (Fsp3) is 0.750. The maximum Gasteiger partial charge on any atom is 0.0844 e. The molecule has 0 bridgehead atoms. The maximum atomic E-state index is 5.96. The van der Waals surface area contributed by atoms with Gasteiger partial charge in [0.05, 0.1) is 11.6 Å². The van der Waals surface area contributed by atoms with Gasteiger partial charge in [-0.25, -0.2) is 0 Å². The molecular formula is C16H28N2OS. The molecule has 0 amide bonds. The lowest BCUT2D eigenvalue weighted by molar-refractivity contribution is -0.0878. The molecule has 0 aliphatic heterocycles. The molecule has 2 rings (SSSR count). The van der Waals surface area contributed by atoms with Crippen LogP contribution < -0.4 is 11.3 Å². The number of rotatable bonds is 6. The third-order valence-electron chi connectivity index (χ3n) is 4.95. The Morgan fingerprint density at radius 2 is 2.05 bits per heavy atom. The van der Waals surface area contributed by atoms with E-state index in [2.05, 4.69) is 36.8 Å². The second-order valence-electron chi connectivity index (χ2n) is 6.77. The van der Waals surface area contributed by atoms with E-state index in [0.29, 0.717) is 5.41 Å². The van der Waals surface area contributed by atoms with Gasteiger partial charge in [-0.2, -0.15) is 0 Å². The van der Waals surface area contributed by atoms with Crippen LogP contribution >= 0.6 is 11.3 Å². The van der Waals surface area contributed by atoms with Gasteiger partial charge in [0, 0.05) is 12.0 Å². The molecule has 20 heavy (non-hydrogen) atoms. The van der Waals surface area contributed by atoms with Crippen LogP contribution in [0, 0.1) is 5.41 Å². The van der Waals surface area contributed by atoms with E-state index < -0.39 is 0 Å². The minimum Gasteiger partial charge on any atom is -0.377 e. The predicted octanol–water partition coefficient (Wildman–Crippen LogP) is 3.50. The van der Waals surface area contributed by atoms with Crippen LogP contribution in [0.1, 0.15) is 50.8 Å². The van der Waals surface area contributed by atoms with Crippen LogP contribution in [0.15, 0.2) is 17.5 Å². The molecular weight excluding hydrogens is 268 g/mol. The van der Waals surface area contributed by atoms with E-state index in [0.717, 1.165) is 25.7 Å². The summed E-state index contributed by atoms with van der Waals surface area (Å²) in [5.74, 6) is 5.84. The highest BCUT2D eigenvalue weighted by molar-refractivity contribution is 7.09. The number of aryl methyl sites for hydroxylation is 1. The van der Waals surface area contributed by atoms with Crippen LogP contribution in [0.2, 0.25) is 0 Å². The Hall–Kier alpha value is -0.420. The standard InChI is InChI=1S/C16H28N2OS/c1-15(2)8-10-16(19-3,11-9-15)14(18-17)7-6-13-5-4-12-20-13/h4-5,12,14,18H,6-11,17H2,1-3H3. The van der Waals surface area contributed by atoms with Crippen LogP contribution in [0.25, 0.3) is 0 Å². The first-order chi connectivity index (χ1) is 9.51. The Kier molecular flexibility index (Phi) is 5.24. The van der Waals surface area contributed by atoms with Crippen molar-refractivity contribution in [2.24, 2.45) is 11.3 Å². The number of methoxy groups -OCH3 is 1. The van der Waals surface area contributed by atoms with Gasteiger partial charge in [0.2, 0.25) is 0 Å². The van der Waals surface area contributed by atoms with E-state index in [4.69, 9.17) is 10.6 Å². The average molecular weight is 296 g/mol. The van der Waals surface area contributed by atoms with Gasteiger partial charge in [-0.3, -0.25) is 11.3 Å². The summed E-state index contributed by atoms with van der Waals surface area (Å²) in [4.78, 5) is 1.42. The molecule has 0 radical (unpaired) electrons. The molecule has 1 fully saturated rings. The molecule has 114 valence electrons. The zero-order chi connectivity index (χ0) is 14.6. The first kappa shape index (κ1) is 16.0. The van der Waals surface area contributed by atoms with Gasteiger partial charge >= 0.3 is 0 Å². The van der Waals surface area contributed by atoms with Gasteiger partial charge in [0.25, 0.3) is 0 Å². The molecule has 0 aromatic carbocycles. The summed E-state index contributed by atoms with van der Waals surface area (Å²) in [6.45, 7) is 4.70. The lowest BCUT2D eigenvalue weighted by atomic mass is 9.68. The fourth-order valence-corrected chi connectivity index (χ4v) is 4.01. The van der Waals surface area contributed by atoms with E-state index in [-0.39, 0.29) is 11.6 Å². The normalized spacial score (nSPS) is 22.6. The monoisotopic (exact) mass is 296 g/mol. The number of hydrazine groups is 1. The van der Waals surface area contributed by atoms with E-state index in [1.165, 1.54) is 17.7 Å². The molecule has 0 spiro atoms. The zero-order valence-corrected chi connectivity index (χ0v) is 13.8. The SMILES string of the molecule is COC1(C(CCc2cccs2)NN)CCC(C)(C)CC1. The summed E-state index contributed by atoms with van der Waals surface area (Å²) >= 11 is 1.82. The number of nitrogens with one attached hydrogen (secondary N) is 1. The first-order valence-electron chi connectivity index (χ1n) is 7.55. The van der Waals surface area contributed by atoms with Crippen LogP contribution in [-0.4, -0.2) is 18.8 Å². The van der Waals surface area contributed by atoms with Crippen molar-refractivity contribution in [1.82, 2.24) is 5.43 Å². The van der Waals surface area contributed by atoms with Gasteiger partial charge in [0.15, 0.2) is 0 Å². The molecule has 1 saturated carbocycles. The Morgan fingerprint density at radius 3 is 2.55 bits per heavy atom. The van der Waals surface area contributed by atoms with Gasteiger partial charge in [0.1, 0.15) is 0 Å². The van der Waals surface area contributed by atoms with Crippen molar-refractivity contribution in [3.63, 3.8) is 0 Å². The van der Waals surface area contributed by atoms with E-state index in [1.807, 2.05) is 18.4 Å². The largest absolute Gasteiger partial charge is 0.377 e. The fourth-order valence-electron chi connectivity index (χ4n) is 3.28. The van der Waals surface area contributed by atoms with Gasteiger partial charge in [-0.15, -0.1) is 11.3 Å². The van der Waals surface area contributed by atoms with Crippen molar-refractivity contribution in [2.75, 3.05) is 7.11 Å². The van der Waals surface area contributed by atoms with E-state index >= 15 is 0 Å². The molecule has 3 nitrogen and oxygen atoms in total. The van der Waals surface area contributed by atoms with Crippen LogP contribution in [0.4, 0.5) is 0 Å². The average Bonchev–Trinajstić information content (AvgIpc) is 2.94. The van der Waals surface area contributed by atoms with E-state index in [9.17, 15) is 0 Å². The molecule has 3 N–H and O–H groups in total. The third kappa shape index (κ3) is 3.61. The lowest BCUT2D eigenvalue weighted by Crippen LogP contribution is -2.56. The minimum absolute atomic E-state index is 0.0957. The smallest absolute Gasteiger partial charge is 0.0844 e. The number of nitrogens with two attached hydrogens (primary N) is 1. The Morgan fingerprint density at radius 1 is 1.35 bits per heavy atom. The Bertz CT molecular complexity index is 393. The van der Waals surface area contributed by atoms with Gasteiger partial charge < -0.3 is 4.74 Å². The summed E-state index contributed by atoms with van der Waals surface area (Å²) in [5, 5.41) is 2.13. The molecule has 0 saturated heterocycles. The van der Waals surface area contributed by atoms with E-state index in [1.54, 1.807) is 0 Å². The molecule has 1 aromatic heterocycles. The molecule has 1 unspecified atom stereocenters. The van der Waals surface area contributed by atoms with Gasteiger partial charge in [-0.1, -0.05) is 19.9 Å². The highest BCUT2D eigenvalue weighted by Crippen LogP contribution is 2.44. The highest BCUT2D eigenvalue weighted by Gasteiger charge is 2.43. The van der Waals surface area contributed by atoms with Crippen molar-refractivity contribution < 1.29 is 4.74 Å². The van der Waals surface area contributed by atoms with Crippen molar-refractivity contribution in [3.05, 3.63) is 22.4 Å². The Labute approximate surface area is 126 Å². The third-order valence-corrected chi connectivity index (χ3v) is 5.89. The summed E-state index contributed by atoms with van der Waals surface area (Å²) < 4.78 is 5.96. The summed E-state index contributed by atoms with van der Waals surface area (Å²) in [5.41, 5.74) is 3.38. The molecule has 1 aromatic rings. The molecule has 1 heterocycles. The topological polar surface area (TPSA) is 47.3 Å². The quantitative estimate of drug-likeness (QED) is 0.624. The maximum absolute atomic E-state index is 5.96. The van der Waals surface area contributed by atoms with Crippen molar-refractivity contribution >= 4 is 11.3 Å². The van der Waals surface area contributed by atoms with Crippen molar-refractivity contribution in [2.45, 2.75) is 64.0 Å². The summed E-state index contributed by atoms with van der Waals surface area (Å²) in [6.07, 6.45) is 6.70. The van der Waals surface area contributed by atoms with Crippen molar-refractivity contribution in [1.29, 1.82) is 0 Å². The number of thiophene rings is 1. The van der Waals surface area contributed by atoms with Crippen molar-refractivity contribution in [3.8, 4) is 0 Å². The van der Waals surface area contributed by atoms with Crippen LogP contribution in [0.3, 0.4) is 0 Å². The zero-order valence-electron chi connectivity index (χ0n) is 12.9. The lowest BCUT2D eigenvalue weighted by Gasteiger charge is -2.46. The Balaban J connectivity index is 2.00. The number of hydrogen-bond donors (Lipinski definition) is 2. The van der Waals surface area contributed by atoms with Crippen LogP contribution in [-0.2, 0) is 11.2 Å². The summed E-state index contributed by atoms with van der Waals surface area (Å²) in [7, 11) is 1.84. The minimum atomic E-state index is -0.0957. The molecule has 1 aliphatic carbocycles. The van der Waals surface area contributed by atoms with Gasteiger partial charge in [-0.05, 0) is 55.4 Å². The predicted molar refractivity (Wildman–Crippen MR) is 85.7 cm³/mol. The first-order valence-corrected chi connectivity index (χ1v) is 8.43. The highest BCUT2D eigenvalue weighted by atomic mass is 32.1. The second kappa shape index (κ2) is 6.56. The van der Waals surface area contributed by atoms with Crippen LogP contribution in [0.5, 0.6) is 0 Å². The number of ether oxygens (including phenoxy) is 1. The molecule has 1 atom stereocenters. The number of hydrogen-bond acceptors (Lipinski definition) is 4. The second-order valence-corrected chi connectivity index (χ2v) is 7.80. The molecule has 4 heteroatoms.